The topological polar surface area (TPSA) is 72.6 Å². The Morgan fingerprint density at radius 2 is 1.67 bits per heavy atom. The first-order chi connectivity index (χ1) is 8.34. The lowest BCUT2D eigenvalue weighted by atomic mass is 10.1. The smallest absolute Gasteiger partial charge is 0.264 e. The average molecular weight is 264 g/mol. The largest absolute Gasteiger partial charge is 0.444 e. The van der Waals surface area contributed by atoms with E-state index in [4.69, 9.17) is 10.5 Å². The number of fused-ring (bicyclic) bond motifs is 1. The molecule has 94 valence electrons. The van der Waals surface area contributed by atoms with Gasteiger partial charge in [-0.05, 0) is 38.2 Å². The third-order valence-corrected chi connectivity index (χ3v) is 2.77. The molecule has 0 bridgehead atoms. The number of carbonyl (C=O) groups excluding carboxylic acids is 2. The number of nitrogens with zero attached hydrogens (tertiary/aromatic N) is 1. The molecule has 0 saturated carbocycles. The second kappa shape index (κ2) is 4.06. The highest BCUT2D eigenvalue weighted by Crippen LogP contribution is 2.29. The molecule has 1 aliphatic heterocycles. The van der Waals surface area contributed by atoms with E-state index in [9.17, 15) is 9.59 Å². The number of ether oxygens (including phenoxy) is 1. The van der Waals surface area contributed by atoms with Gasteiger partial charge in [0, 0.05) is 0 Å². The van der Waals surface area contributed by atoms with E-state index in [1.54, 1.807) is 38.1 Å². The Morgan fingerprint density at radius 1 is 1.22 bits per heavy atom. The normalized spacial score (nSPS) is 14.7. The summed E-state index contributed by atoms with van der Waals surface area (Å²) in [7, 11) is 0. The van der Waals surface area contributed by atoms with Crippen LogP contribution in [-0.4, -0.2) is 27.6 Å². The molecule has 6 heteroatoms. The predicted molar refractivity (Wildman–Crippen MR) is 68.9 cm³/mol. The zero-order chi connectivity index (χ0) is 13.5. The summed E-state index contributed by atoms with van der Waals surface area (Å²) in [6.07, 6.45) is 0. The summed E-state index contributed by atoms with van der Waals surface area (Å²) in [5.74, 6) is -0.811. The molecule has 1 aromatic rings. The molecule has 5 nitrogen and oxygen atoms in total. The minimum atomic E-state index is -1.21. The number of carbonyl (C=O) groups is 2. The lowest BCUT2D eigenvalue weighted by Crippen LogP contribution is -2.51. The third-order valence-electron chi connectivity index (χ3n) is 2.68. The predicted octanol–water partition coefficient (Wildman–Crippen LogP) is 1.28. The van der Waals surface area contributed by atoms with Crippen molar-refractivity contribution in [2.45, 2.75) is 19.6 Å². The van der Waals surface area contributed by atoms with Crippen molar-refractivity contribution in [1.29, 1.82) is 0 Å². The van der Waals surface area contributed by atoms with Crippen LogP contribution in [-0.2, 0) is 4.74 Å². The van der Waals surface area contributed by atoms with Gasteiger partial charge < -0.3 is 10.5 Å². The van der Waals surface area contributed by atoms with E-state index in [0.717, 1.165) is 4.90 Å². The van der Waals surface area contributed by atoms with Crippen LogP contribution in [0.25, 0.3) is 0 Å². The summed E-state index contributed by atoms with van der Waals surface area (Å²) in [4.78, 5) is 25.4. The molecule has 0 radical (unpaired) electrons. The van der Waals surface area contributed by atoms with E-state index < -0.39 is 17.5 Å². The van der Waals surface area contributed by atoms with E-state index in [2.05, 4.69) is 12.2 Å². The Kier molecular flexibility index (Phi) is 2.82. The Bertz CT molecular complexity index is 519. The molecular weight excluding hydrogens is 252 g/mol. The molecule has 2 rings (SSSR count). The molecule has 1 heterocycles. The van der Waals surface area contributed by atoms with Gasteiger partial charge in [-0.3, -0.25) is 9.59 Å². The molecule has 0 aliphatic carbocycles. The first-order valence-corrected chi connectivity index (χ1v) is 5.72. The van der Waals surface area contributed by atoms with Crippen molar-refractivity contribution in [3.05, 3.63) is 35.4 Å². The van der Waals surface area contributed by atoms with Crippen LogP contribution in [0.4, 0.5) is 0 Å². The molecule has 2 amide bonds. The number of nitrogens with two attached hydrogens (primary N) is 1. The number of hydrogen-bond acceptors (Lipinski definition) is 4. The molecule has 0 spiro atoms. The highest BCUT2D eigenvalue weighted by atomic mass is 32.1. The SMILES string of the molecule is CC(C)(OC(N)=S)N1C(=O)c2ccccc2C1=O. The Morgan fingerprint density at radius 3 is 2.06 bits per heavy atom. The van der Waals surface area contributed by atoms with Crippen LogP contribution in [0.3, 0.4) is 0 Å². The van der Waals surface area contributed by atoms with Gasteiger partial charge in [0.25, 0.3) is 17.0 Å². The molecule has 18 heavy (non-hydrogen) atoms. The molecule has 1 aromatic carbocycles. The monoisotopic (exact) mass is 264 g/mol. The van der Waals surface area contributed by atoms with E-state index in [0.29, 0.717) is 11.1 Å². The van der Waals surface area contributed by atoms with Crippen molar-refractivity contribution in [2.75, 3.05) is 0 Å². The second-order valence-electron chi connectivity index (χ2n) is 4.36. The van der Waals surface area contributed by atoms with Crippen LogP contribution in [0.5, 0.6) is 0 Å². The van der Waals surface area contributed by atoms with Crippen LogP contribution >= 0.6 is 12.2 Å². The van der Waals surface area contributed by atoms with Gasteiger partial charge in [0.05, 0.1) is 11.1 Å². The summed E-state index contributed by atoms with van der Waals surface area (Å²) in [5.41, 5.74) is 4.82. The summed E-state index contributed by atoms with van der Waals surface area (Å²) >= 11 is 4.65. The molecule has 0 fully saturated rings. The standard InChI is InChI=1S/C12H12N2O3S/c1-12(2,17-11(13)18)14-9(15)7-5-3-4-6-8(7)10(14)16/h3-6H,1-2H3,(H2,13,18). The highest BCUT2D eigenvalue weighted by Gasteiger charge is 2.45. The van der Waals surface area contributed by atoms with E-state index in [-0.39, 0.29) is 5.17 Å². The van der Waals surface area contributed by atoms with Crippen LogP contribution in [0, 0.1) is 0 Å². The van der Waals surface area contributed by atoms with Crippen molar-refractivity contribution in [2.24, 2.45) is 5.73 Å². The van der Waals surface area contributed by atoms with Gasteiger partial charge >= 0.3 is 0 Å². The molecule has 0 unspecified atom stereocenters. The highest BCUT2D eigenvalue weighted by molar-refractivity contribution is 7.80. The zero-order valence-electron chi connectivity index (χ0n) is 9.97. The quantitative estimate of drug-likeness (QED) is 0.643. The molecule has 0 saturated heterocycles. The van der Waals surface area contributed by atoms with Crippen molar-refractivity contribution >= 4 is 29.2 Å². The summed E-state index contributed by atoms with van der Waals surface area (Å²) in [6, 6.07) is 6.61. The number of amides is 2. The molecule has 0 aromatic heterocycles. The molecule has 2 N–H and O–H groups in total. The second-order valence-corrected chi connectivity index (χ2v) is 4.76. The first kappa shape index (κ1) is 12.5. The lowest BCUT2D eigenvalue weighted by Gasteiger charge is -2.33. The van der Waals surface area contributed by atoms with Gasteiger partial charge in [-0.2, -0.15) is 0 Å². The third kappa shape index (κ3) is 1.84. The number of hydrogen-bond donors (Lipinski definition) is 1. The zero-order valence-corrected chi connectivity index (χ0v) is 10.8. The maximum atomic E-state index is 12.2. The summed E-state index contributed by atoms with van der Waals surface area (Å²) < 4.78 is 5.19. The summed E-state index contributed by atoms with van der Waals surface area (Å²) in [5, 5.41) is -0.212. The van der Waals surface area contributed by atoms with Crippen molar-refractivity contribution < 1.29 is 14.3 Å². The molecule has 0 atom stereocenters. The van der Waals surface area contributed by atoms with Gasteiger partial charge in [-0.1, -0.05) is 12.1 Å². The number of thiocarbonyl (C=S) groups is 1. The number of benzene rings is 1. The Labute approximate surface area is 110 Å². The fourth-order valence-corrected chi connectivity index (χ4v) is 2.17. The van der Waals surface area contributed by atoms with E-state index in [1.165, 1.54) is 0 Å². The first-order valence-electron chi connectivity index (χ1n) is 5.31. The molecule has 1 aliphatic rings. The maximum absolute atomic E-state index is 12.2. The Hall–Kier alpha value is -1.95. The minimum Gasteiger partial charge on any atom is -0.444 e. The van der Waals surface area contributed by atoms with Crippen LogP contribution in [0.15, 0.2) is 24.3 Å². The van der Waals surface area contributed by atoms with Crippen LogP contribution in [0.2, 0.25) is 0 Å². The number of rotatable bonds is 2. The van der Waals surface area contributed by atoms with Gasteiger partial charge in [-0.25, -0.2) is 4.90 Å². The fourth-order valence-electron chi connectivity index (χ4n) is 1.97. The van der Waals surface area contributed by atoms with E-state index >= 15 is 0 Å². The van der Waals surface area contributed by atoms with Gasteiger partial charge in [0.2, 0.25) is 0 Å². The maximum Gasteiger partial charge on any atom is 0.264 e. The molecular formula is C12H12N2O3S. The Balaban J connectivity index is 2.42. The summed E-state index contributed by atoms with van der Waals surface area (Å²) in [6.45, 7) is 3.13. The van der Waals surface area contributed by atoms with Crippen molar-refractivity contribution in [3.63, 3.8) is 0 Å². The van der Waals surface area contributed by atoms with Crippen molar-refractivity contribution in [1.82, 2.24) is 4.90 Å². The average Bonchev–Trinajstić information content (AvgIpc) is 2.51. The van der Waals surface area contributed by atoms with Crippen molar-refractivity contribution in [3.8, 4) is 0 Å². The van der Waals surface area contributed by atoms with Gasteiger partial charge in [0.1, 0.15) is 0 Å². The van der Waals surface area contributed by atoms with E-state index in [1.807, 2.05) is 0 Å². The van der Waals surface area contributed by atoms with Gasteiger partial charge in [-0.15, -0.1) is 0 Å². The van der Waals surface area contributed by atoms with Crippen LogP contribution in [0.1, 0.15) is 34.6 Å². The minimum absolute atomic E-state index is 0.212. The lowest BCUT2D eigenvalue weighted by molar-refractivity contribution is -0.0299. The van der Waals surface area contributed by atoms with Gasteiger partial charge in [0.15, 0.2) is 5.72 Å². The fraction of sp³-hybridized carbons (Fsp3) is 0.250. The van der Waals surface area contributed by atoms with Crippen LogP contribution < -0.4 is 5.73 Å². The number of imide groups is 1.